The highest BCUT2D eigenvalue weighted by Crippen LogP contribution is 2.45. The molecule has 0 bridgehead atoms. The Morgan fingerprint density at radius 1 is 1.08 bits per heavy atom. The molecule has 4 aromatic rings. The number of anilines is 1. The third-order valence-corrected chi connectivity index (χ3v) is 7.24. The second-order valence-electron chi connectivity index (χ2n) is 9.73. The van der Waals surface area contributed by atoms with Crippen LogP contribution in [0.2, 0.25) is 5.02 Å². The number of nitrogens with zero attached hydrogens (tertiary/aromatic N) is 5. The first-order valence-electron chi connectivity index (χ1n) is 12.2. The van der Waals surface area contributed by atoms with E-state index in [0.29, 0.717) is 30.9 Å². The summed E-state index contributed by atoms with van der Waals surface area (Å²) in [6, 6.07) is 11.1. The minimum absolute atomic E-state index is 0.0198. The topological polar surface area (TPSA) is 94.3 Å². The van der Waals surface area contributed by atoms with Crippen molar-refractivity contribution in [3.05, 3.63) is 99.8 Å². The van der Waals surface area contributed by atoms with Crippen molar-refractivity contribution in [1.82, 2.24) is 24.5 Å². The molecule has 2 aliphatic heterocycles. The molecule has 0 saturated carbocycles. The van der Waals surface area contributed by atoms with Gasteiger partial charge in [-0.05, 0) is 35.7 Å². The van der Waals surface area contributed by atoms with E-state index in [1.807, 2.05) is 36.1 Å². The van der Waals surface area contributed by atoms with Gasteiger partial charge in [0.25, 0.3) is 5.91 Å². The Labute approximate surface area is 222 Å². The van der Waals surface area contributed by atoms with Crippen LogP contribution in [0.25, 0.3) is 0 Å². The summed E-state index contributed by atoms with van der Waals surface area (Å²) < 4.78 is 24.2. The van der Waals surface area contributed by atoms with Gasteiger partial charge < -0.3 is 9.64 Å². The molecule has 2 aliphatic rings. The van der Waals surface area contributed by atoms with Crippen LogP contribution in [0.1, 0.15) is 39.0 Å². The molecule has 2 amide bonds. The van der Waals surface area contributed by atoms with Crippen LogP contribution in [0.5, 0.6) is 0 Å². The number of nitrogens with one attached hydrogen (secondary N) is 1. The first kappa shape index (κ1) is 24.2. The largest absolute Gasteiger partial charge is 0.436 e. The summed E-state index contributed by atoms with van der Waals surface area (Å²) in [6.07, 6.45) is 6.60. The van der Waals surface area contributed by atoms with Gasteiger partial charge in [0.1, 0.15) is 0 Å². The number of hydrogen-bond donors (Lipinski definition) is 1. The molecule has 1 spiro atoms. The Morgan fingerprint density at radius 3 is 2.45 bits per heavy atom. The van der Waals surface area contributed by atoms with Crippen molar-refractivity contribution in [2.45, 2.75) is 32.0 Å². The number of halogens is 2. The molecule has 2 aromatic carbocycles. The Kier molecular flexibility index (Phi) is 5.91. The van der Waals surface area contributed by atoms with Gasteiger partial charge in [-0.3, -0.25) is 19.5 Å². The fourth-order valence-electron chi connectivity index (χ4n) is 5.13. The van der Waals surface area contributed by atoms with Crippen LogP contribution in [0.15, 0.2) is 61.2 Å². The van der Waals surface area contributed by atoms with Crippen molar-refractivity contribution in [3.8, 4) is 0 Å². The maximum absolute atomic E-state index is 15.0. The van der Waals surface area contributed by atoms with Crippen molar-refractivity contribution in [2.75, 3.05) is 18.4 Å². The van der Waals surface area contributed by atoms with Crippen LogP contribution in [0.3, 0.4) is 0 Å². The third kappa shape index (κ3) is 4.41. The van der Waals surface area contributed by atoms with Crippen molar-refractivity contribution in [3.63, 3.8) is 0 Å². The van der Waals surface area contributed by atoms with Crippen LogP contribution < -0.4 is 5.32 Å². The molecular formula is C27H24ClFN6O3. The maximum atomic E-state index is 15.0. The van der Waals surface area contributed by atoms with Crippen LogP contribution in [-0.2, 0) is 23.4 Å². The van der Waals surface area contributed by atoms with E-state index in [1.54, 1.807) is 21.8 Å². The quantitative estimate of drug-likeness (QED) is 0.404. The molecule has 9 nitrogen and oxygen atoms in total. The molecule has 0 radical (unpaired) electrons. The van der Waals surface area contributed by atoms with Crippen molar-refractivity contribution < 1.29 is 18.7 Å². The first-order chi connectivity index (χ1) is 18.3. The molecule has 2 aromatic heterocycles. The van der Waals surface area contributed by atoms with Crippen LogP contribution in [-0.4, -0.2) is 49.6 Å². The van der Waals surface area contributed by atoms with Crippen LogP contribution >= 0.6 is 11.6 Å². The third-order valence-electron chi connectivity index (χ3n) is 6.95. The fourth-order valence-corrected chi connectivity index (χ4v) is 5.29. The summed E-state index contributed by atoms with van der Waals surface area (Å²) in [5.41, 5.74) is 2.87. The normalized spacial score (nSPS) is 18.4. The van der Waals surface area contributed by atoms with Gasteiger partial charge >= 0.3 is 6.09 Å². The van der Waals surface area contributed by atoms with E-state index in [-0.39, 0.29) is 29.5 Å². The SMILES string of the molecule is Cc1cnn(Cc2ccc(Cn3cc(C(=O)N4CC[C@]5(C4)OC(=O)Nc4ccc(Cl)c(F)c45)cn3)cc2)c1. The van der Waals surface area contributed by atoms with Gasteiger partial charge in [0.2, 0.25) is 0 Å². The van der Waals surface area contributed by atoms with Gasteiger partial charge in [0, 0.05) is 25.4 Å². The molecule has 1 atom stereocenters. The lowest BCUT2D eigenvalue weighted by molar-refractivity contribution is 0.0158. The average Bonchev–Trinajstić information content (AvgIpc) is 3.63. The smallest absolute Gasteiger partial charge is 0.412 e. The number of fused-ring (bicyclic) bond motifs is 2. The second kappa shape index (κ2) is 9.29. The van der Waals surface area contributed by atoms with Crippen LogP contribution in [0, 0.1) is 12.7 Å². The lowest BCUT2D eigenvalue weighted by Gasteiger charge is -2.35. The molecular weight excluding hydrogens is 511 g/mol. The van der Waals surface area contributed by atoms with Crippen molar-refractivity contribution >= 4 is 29.3 Å². The van der Waals surface area contributed by atoms with Gasteiger partial charge in [0.15, 0.2) is 11.4 Å². The summed E-state index contributed by atoms with van der Waals surface area (Å²) in [5, 5.41) is 11.1. The predicted octanol–water partition coefficient (Wildman–Crippen LogP) is 4.58. The molecule has 38 heavy (non-hydrogen) atoms. The number of aryl methyl sites for hydroxylation is 1. The number of benzene rings is 2. The van der Waals surface area contributed by atoms with Crippen molar-refractivity contribution in [2.24, 2.45) is 0 Å². The van der Waals surface area contributed by atoms with Gasteiger partial charge in [-0.1, -0.05) is 35.9 Å². The Morgan fingerprint density at radius 2 is 1.76 bits per heavy atom. The summed E-state index contributed by atoms with van der Waals surface area (Å²) in [5.74, 6) is -0.923. The zero-order valence-corrected chi connectivity index (χ0v) is 21.3. The van der Waals surface area contributed by atoms with E-state index in [9.17, 15) is 9.59 Å². The molecule has 194 valence electrons. The van der Waals surface area contributed by atoms with E-state index < -0.39 is 17.5 Å². The van der Waals surface area contributed by atoms with E-state index in [0.717, 1.165) is 16.7 Å². The summed E-state index contributed by atoms with van der Waals surface area (Å²) in [6.45, 7) is 3.51. The predicted molar refractivity (Wildman–Crippen MR) is 138 cm³/mol. The van der Waals surface area contributed by atoms with Gasteiger partial charge in [0.05, 0.1) is 53.9 Å². The molecule has 1 N–H and O–H groups in total. The molecule has 1 saturated heterocycles. The van der Waals surface area contributed by atoms with Crippen molar-refractivity contribution in [1.29, 1.82) is 0 Å². The Balaban J connectivity index is 1.14. The molecule has 0 aliphatic carbocycles. The van der Waals surface area contributed by atoms with E-state index in [2.05, 4.69) is 27.6 Å². The number of carbonyl (C=O) groups excluding carboxylic acids is 2. The highest BCUT2D eigenvalue weighted by atomic mass is 35.5. The second-order valence-corrected chi connectivity index (χ2v) is 10.1. The zero-order chi connectivity index (χ0) is 26.4. The standard InChI is InChI=1S/C27H24ClFN6O3/c1-17-10-30-34(12-17)13-18-2-4-19(5-3-18)14-35-15-20(11-31-35)25(36)33-9-8-27(16-33)23-22(32-26(37)38-27)7-6-21(28)24(23)29/h2-7,10-12,15H,8-9,13-14,16H2,1H3,(H,32,37)/t27-/m1/s1. The lowest BCUT2D eigenvalue weighted by atomic mass is 9.89. The highest BCUT2D eigenvalue weighted by Gasteiger charge is 2.50. The van der Waals surface area contributed by atoms with E-state index in [4.69, 9.17) is 16.3 Å². The van der Waals surface area contributed by atoms with Crippen LogP contribution in [0.4, 0.5) is 14.9 Å². The zero-order valence-electron chi connectivity index (χ0n) is 20.5. The van der Waals surface area contributed by atoms with Gasteiger partial charge in [-0.2, -0.15) is 10.2 Å². The number of ether oxygens (including phenoxy) is 1. The molecule has 6 rings (SSSR count). The summed E-state index contributed by atoms with van der Waals surface area (Å²) >= 11 is 6.01. The highest BCUT2D eigenvalue weighted by molar-refractivity contribution is 6.31. The molecule has 4 heterocycles. The number of hydrogen-bond acceptors (Lipinski definition) is 5. The minimum Gasteiger partial charge on any atom is -0.436 e. The average molecular weight is 535 g/mol. The van der Waals surface area contributed by atoms with E-state index in [1.165, 1.54) is 12.3 Å². The molecule has 1 fully saturated rings. The minimum atomic E-state index is -1.30. The molecule has 0 unspecified atom stereocenters. The monoisotopic (exact) mass is 534 g/mol. The van der Waals surface area contributed by atoms with E-state index >= 15 is 4.39 Å². The number of carbonyl (C=O) groups is 2. The summed E-state index contributed by atoms with van der Waals surface area (Å²) in [4.78, 5) is 27.1. The number of rotatable bonds is 5. The van der Waals surface area contributed by atoms with Gasteiger partial charge in [-0.15, -0.1) is 0 Å². The Hall–Kier alpha value is -4.18. The number of likely N-dealkylation sites (tertiary alicyclic amines) is 1. The van der Waals surface area contributed by atoms with Gasteiger partial charge in [-0.25, -0.2) is 9.18 Å². The Bertz CT molecular complexity index is 1550. The summed E-state index contributed by atoms with van der Waals surface area (Å²) in [7, 11) is 0. The lowest BCUT2D eigenvalue weighted by Crippen LogP contribution is -2.43. The number of amides is 2. The maximum Gasteiger partial charge on any atom is 0.412 e. The molecule has 11 heteroatoms. The number of aromatic nitrogens is 4. The fraction of sp³-hybridized carbons (Fsp3) is 0.259. The first-order valence-corrected chi connectivity index (χ1v) is 12.5.